The predicted octanol–water partition coefficient (Wildman–Crippen LogP) is 3.85. The van der Waals surface area contributed by atoms with E-state index in [2.05, 4.69) is 45.6 Å². The molecule has 0 aliphatic carbocycles. The predicted molar refractivity (Wildman–Crippen MR) is 90.8 cm³/mol. The van der Waals surface area contributed by atoms with Gasteiger partial charge in [-0.05, 0) is 49.2 Å². The lowest BCUT2D eigenvalue weighted by atomic mass is 10.1. The summed E-state index contributed by atoms with van der Waals surface area (Å²) in [7, 11) is 1.64. The van der Waals surface area contributed by atoms with Gasteiger partial charge in [0, 0.05) is 28.8 Å². The zero-order valence-corrected chi connectivity index (χ0v) is 13.8. The van der Waals surface area contributed by atoms with Gasteiger partial charge in [0.25, 0.3) is 5.91 Å². The van der Waals surface area contributed by atoms with Gasteiger partial charge in [0.1, 0.15) is 0 Å². The molecule has 4 heteroatoms. The largest absolute Gasteiger partial charge is 0.382 e. The number of rotatable bonds is 5. The van der Waals surface area contributed by atoms with Gasteiger partial charge in [-0.1, -0.05) is 34.1 Å². The summed E-state index contributed by atoms with van der Waals surface area (Å²) in [4.78, 5) is 11.6. The van der Waals surface area contributed by atoms with E-state index in [9.17, 15) is 4.79 Å². The Balaban J connectivity index is 2.00. The summed E-state index contributed by atoms with van der Waals surface area (Å²) in [6.07, 6.45) is 0.928. The molecule has 3 nitrogen and oxygen atoms in total. The van der Waals surface area contributed by atoms with Gasteiger partial charge in [0.05, 0.1) is 0 Å². The number of hydrogen-bond donors (Lipinski definition) is 2. The van der Waals surface area contributed by atoms with E-state index in [4.69, 9.17) is 0 Å². The van der Waals surface area contributed by atoms with Gasteiger partial charge in [-0.3, -0.25) is 4.79 Å². The van der Waals surface area contributed by atoms with Gasteiger partial charge >= 0.3 is 0 Å². The highest BCUT2D eigenvalue weighted by Crippen LogP contribution is 2.15. The fourth-order valence-electron chi connectivity index (χ4n) is 2.20. The van der Waals surface area contributed by atoms with Gasteiger partial charge in [-0.15, -0.1) is 0 Å². The molecule has 2 N–H and O–H groups in total. The summed E-state index contributed by atoms with van der Waals surface area (Å²) in [5.74, 6) is -0.0702. The van der Waals surface area contributed by atoms with Crippen LogP contribution in [0, 0.1) is 0 Å². The maximum absolute atomic E-state index is 11.6. The van der Waals surface area contributed by atoms with Crippen molar-refractivity contribution < 1.29 is 4.79 Å². The first-order valence-electron chi connectivity index (χ1n) is 6.91. The fraction of sp³-hybridized carbons (Fsp3) is 0.235. The molecule has 1 unspecified atom stereocenters. The molecule has 0 aliphatic heterocycles. The van der Waals surface area contributed by atoms with E-state index in [1.54, 1.807) is 7.05 Å². The van der Waals surface area contributed by atoms with E-state index >= 15 is 0 Å². The van der Waals surface area contributed by atoms with Crippen LogP contribution in [-0.2, 0) is 6.42 Å². The maximum Gasteiger partial charge on any atom is 0.251 e. The molecule has 0 saturated carbocycles. The summed E-state index contributed by atoms with van der Waals surface area (Å²) in [5.41, 5.74) is 2.90. The van der Waals surface area contributed by atoms with E-state index < -0.39 is 0 Å². The monoisotopic (exact) mass is 346 g/mol. The second-order valence-electron chi connectivity index (χ2n) is 5.04. The molecule has 0 aliphatic rings. The van der Waals surface area contributed by atoms with E-state index in [1.807, 2.05) is 36.4 Å². The van der Waals surface area contributed by atoms with Crippen LogP contribution < -0.4 is 10.6 Å². The summed E-state index contributed by atoms with van der Waals surface area (Å²) in [6.45, 7) is 2.13. The van der Waals surface area contributed by atoms with E-state index in [0.29, 0.717) is 5.56 Å². The molecule has 0 heterocycles. The zero-order valence-electron chi connectivity index (χ0n) is 12.2. The highest BCUT2D eigenvalue weighted by molar-refractivity contribution is 9.10. The molecule has 1 atom stereocenters. The summed E-state index contributed by atoms with van der Waals surface area (Å²) in [5, 5.41) is 6.07. The quantitative estimate of drug-likeness (QED) is 0.863. The molecular weight excluding hydrogens is 328 g/mol. The Bertz CT molecular complexity index is 610. The Morgan fingerprint density at radius 2 is 1.90 bits per heavy atom. The summed E-state index contributed by atoms with van der Waals surface area (Å²) >= 11 is 3.44. The van der Waals surface area contributed by atoms with Gasteiger partial charge in [-0.25, -0.2) is 0 Å². The van der Waals surface area contributed by atoms with Crippen molar-refractivity contribution in [2.45, 2.75) is 19.4 Å². The maximum atomic E-state index is 11.6. The second-order valence-corrected chi connectivity index (χ2v) is 5.95. The Hall–Kier alpha value is -1.81. The molecule has 21 heavy (non-hydrogen) atoms. The van der Waals surface area contributed by atoms with Crippen molar-refractivity contribution in [1.29, 1.82) is 0 Å². The van der Waals surface area contributed by atoms with Crippen molar-refractivity contribution >= 4 is 27.5 Å². The van der Waals surface area contributed by atoms with Gasteiger partial charge in [0.15, 0.2) is 0 Å². The standard InChI is InChI=1S/C17H19BrN2O/c1-12(10-13-6-8-15(18)9-7-13)20-16-5-3-4-14(11-16)17(21)19-2/h3-9,11-12,20H,10H2,1-2H3,(H,19,21). The third kappa shape index (κ3) is 4.60. The molecular formula is C17H19BrN2O. The molecule has 0 fully saturated rings. The Kier molecular flexibility index (Phi) is 5.39. The van der Waals surface area contributed by atoms with Gasteiger partial charge in [-0.2, -0.15) is 0 Å². The lowest BCUT2D eigenvalue weighted by Crippen LogP contribution is -2.20. The molecule has 2 aromatic rings. The average Bonchev–Trinajstić information content (AvgIpc) is 2.49. The average molecular weight is 347 g/mol. The number of anilines is 1. The molecule has 1 amide bonds. The zero-order chi connectivity index (χ0) is 15.2. The molecule has 0 spiro atoms. The molecule has 0 aromatic heterocycles. The first kappa shape index (κ1) is 15.6. The van der Waals surface area contributed by atoms with Gasteiger partial charge < -0.3 is 10.6 Å². The van der Waals surface area contributed by atoms with Crippen molar-refractivity contribution in [2.24, 2.45) is 0 Å². The van der Waals surface area contributed by atoms with Crippen LogP contribution in [-0.4, -0.2) is 19.0 Å². The van der Waals surface area contributed by atoms with Crippen molar-refractivity contribution in [3.63, 3.8) is 0 Å². The number of carbonyl (C=O) groups excluding carboxylic acids is 1. The SMILES string of the molecule is CNC(=O)c1cccc(NC(C)Cc2ccc(Br)cc2)c1. The smallest absolute Gasteiger partial charge is 0.251 e. The van der Waals surface area contributed by atoms with E-state index in [1.165, 1.54) is 5.56 Å². The van der Waals surface area contributed by atoms with Crippen LogP contribution >= 0.6 is 15.9 Å². The van der Waals surface area contributed by atoms with Crippen molar-refractivity contribution in [3.8, 4) is 0 Å². The van der Waals surface area contributed by atoms with Crippen LogP contribution in [0.2, 0.25) is 0 Å². The third-order valence-electron chi connectivity index (χ3n) is 3.22. The Morgan fingerprint density at radius 1 is 1.19 bits per heavy atom. The molecule has 0 bridgehead atoms. The second kappa shape index (κ2) is 7.27. The van der Waals surface area contributed by atoms with Crippen LogP contribution in [0.5, 0.6) is 0 Å². The van der Waals surface area contributed by atoms with Crippen LogP contribution in [0.3, 0.4) is 0 Å². The first-order valence-corrected chi connectivity index (χ1v) is 7.71. The fourth-order valence-corrected chi connectivity index (χ4v) is 2.47. The van der Waals surface area contributed by atoms with Crippen LogP contribution in [0.4, 0.5) is 5.69 Å². The molecule has 0 radical (unpaired) electrons. The molecule has 0 saturated heterocycles. The topological polar surface area (TPSA) is 41.1 Å². The lowest BCUT2D eigenvalue weighted by Gasteiger charge is -2.16. The van der Waals surface area contributed by atoms with Crippen LogP contribution in [0.25, 0.3) is 0 Å². The number of nitrogens with one attached hydrogen (secondary N) is 2. The highest BCUT2D eigenvalue weighted by atomic mass is 79.9. The van der Waals surface area contributed by atoms with Crippen LogP contribution in [0.15, 0.2) is 53.0 Å². The number of carbonyl (C=O) groups is 1. The molecule has 2 rings (SSSR count). The summed E-state index contributed by atoms with van der Waals surface area (Å²) in [6, 6.07) is 16.2. The van der Waals surface area contributed by atoms with E-state index in [0.717, 1.165) is 16.6 Å². The van der Waals surface area contributed by atoms with Gasteiger partial charge in [0.2, 0.25) is 0 Å². The normalized spacial score (nSPS) is 11.8. The number of benzene rings is 2. The number of amides is 1. The van der Waals surface area contributed by atoms with Crippen molar-refractivity contribution in [2.75, 3.05) is 12.4 Å². The minimum Gasteiger partial charge on any atom is -0.382 e. The number of halogens is 1. The Morgan fingerprint density at radius 3 is 2.57 bits per heavy atom. The van der Waals surface area contributed by atoms with Crippen LogP contribution in [0.1, 0.15) is 22.8 Å². The van der Waals surface area contributed by atoms with Crippen molar-refractivity contribution in [1.82, 2.24) is 5.32 Å². The molecule has 110 valence electrons. The highest BCUT2D eigenvalue weighted by Gasteiger charge is 2.07. The Labute approximate surface area is 133 Å². The minimum atomic E-state index is -0.0702. The van der Waals surface area contributed by atoms with Crippen molar-refractivity contribution in [3.05, 3.63) is 64.1 Å². The third-order valence-corrected chi connectivity index (χ3v) is 3.75. The number of hydrogen-bond acceptors (Lipinski definition) is 2. The first-order chi connectivity index (χ1) is 10.1. The summed E-state index contributed by atoms with van der Waals surface area (Å²) < 4.78 is 1.09. The molecule has 2 aromatic carbocycles. The minimum absolute atomic E-state index is 0.0702. The van der Waals surface area contributed by atoms with E-state index in [-0.39, 0.29) is 11.9 Å². The lowest BCUT2D eigenvalue weighted by molar-refractivity contribution is 0.0963.